The number of hydrogen-bond acceptors (Lipinski definition) is 4. The second kappa shape index (κ2) is 6.37. The molecule has 2 heterocycles. The van der Waals surface area contributed by atoms with E-state index in [4.69, 9.17) is 5.11 Å². The van der Waals surface area contributed by atoms with E-state index in [-0.39, 0.29) is 6.61 Å². The molecule has 1 aromatic heterocycles. The number of carboxylic acid groups (broad SMARTS) is 1. The van der Waals surface area contributed by atoms with E-state index in [1.807, 2.05) is 12.1 Å². The van der Waals surface area contributed by atoms with Gasteiger partial charge in [-0.25, -0.2) is 0 Å². The van der Waals surface area contributed by atoms with Gasteiger partial charge in [-0.2, -0.15) is 0 Å². The van der Waals surface area contributed by atoms with Crippen LogP contribution in [0.3, 0.4) is 0 Å². The van der Waals surface area contributed by atoms with Crippen molar-refractivity contribution in [2.45, 2.75) is 26.9 Å². The minimum atomic E-state index is -0.779. The number of aromatic nitrogens is 1. The van der Waals surface area contributed by atoms with E-state index in [1.165, 1.54) is 0 Å². The fourth-order valence-electron chi connectivity index (χ4n) is 2.50. The van der Waals surface area contributed by atoms with Crippen molar-refractivity contribution in [3.8, 4) is 0 Å². The molecule has 0 unspecified atom stereocenters. The van der Waals surface area contributed by atoms with E-state index in [0.29, 0.717) is 18.8 Å². The molecule has 0 saturated carbocycles. The summed E-state index contributed by atoms with van der Waals surface area (Å²) in [6.07, 6.45) is 3.03. The molecule has 0 spiro atoms. The van der Waals surface area contributed by atoms with E-state index < -0.39 is 11.4 Å². The van der Waals surface area contributed by atoms with Gasteiger partial charge in [0.25, 0.3) is 0 Å². The molecule has 2 N–H and O–H groups in total. The molecule has 0 aromatic carbocycles. The summed E-state index contributed by atoms with van der Waals surface area (Å²) in [5.41, 5.74) is 1.84. The molecular weight excluding hydrogens is 268 g/mol. The summed E-state index contributed by atoms with van der Waals surface area (Å²) < 4.78 is 0. The first-order valence-electron chi connectivity index (χ1n) is 7.14. The highest BCUT2D eigenvalue weighted by atomic mass is 16.4. The number of pyridine rings is 1. The SMILES string of the molecule is CC(C)(CN1CCC=C(c2cccc(CO)n2)C1)C(=O)O. The van der Waals surface area contributed by atoms with E-state index in [1.54, 1.807) is 19.9 Å². The van der Waals surface area contributed by atoms with Crippen LogP contribution in [0.1, 0.15) is 31.7 Å². The van der Waals surface area contributed by atoms with E-state index in [9.17, 15) is 9.90 Å². The van der Waals surface area contributed by atoms with Crippen molar-refractivity contribution in [2.24, 2.45) is 5.41 Å². The average Bonchev–Trinajstić information content (AvgIpc) is 2.47. The Balaban J connectivity index is 2.10. The predicted octanol–water partition coefficient (Wildman–Crippen LogP) is 1.77. The standard InChI is InChI=1S/C16H22N2O3/c1-16(2,15(20)21)11-18-8-4-5-12(9-18)14-7-3-6-13(10-19)17-14/h3,5-7,19H,4,8-11H2,1-2H3,(H,20,21). The summed E-state index contributed by atoms with van der Waals surface area (Å²) >= 11 is 0. The fraction of sp³-hybridized carbons (Fsp3) is 0.500. The Kier molecular flexibility index (Phi) is 4.75. The molecule has 0 aliphatic carbocycles. The lowest BCUT2D eigenvalue weighted by Crippen LogP contribution is -2.41. The van der Waals surface area contributed by atoms with Crippen molar-refractivity contribution < 1.29 is 15.0 Å². The predicted molar refractivity (Wildman–Crippen MR) is 80.6 cm³/mol. The molecular formula is C16H22N2O3. The van der Waals surface area contributed by atoms with Crippen LogP contribution in [-0.4, -0.2) is 45.7 Å². The highest BCUT2D eigenvalue weighted by Crippen LogP contribution is 2.24. The van der Waals surface area contributed by atoms with Gasteiger partial charge in [0.05, 0.1) is 23.4 Å². The number of rotatable bonds is 5. The Morgan fingerprint density at radius 3 is 2.86 bits per heavy atom. The zero-order valence-corrected chi connectivity index (χ0v) is 12.5. The maximum absolute atomic E-state index is 11.2. The van der Waals surface area contributed by atoms with Crippen molar-refractivity contribution in [1.82, 2.24) is 9.88 Å². The fourth-order valence-corrected chi connectivity index (χ4v) is 2.50. The van der Waals surface area contributed by atoms with E-state index in [2.05, 4.69) is 16.0 Å². The Morgan fingerprint density at radius 2 is 2.19 bits per heavy atom. The number of aliphatic carboxylic acids is 1. The number of carboxylic acids is 1. The third-order valence-corrected chi connectivity index (χ3v) is 3.73. The van der Waals surface area contributed by atoms with Crippen LogP contribution in [0.5, 0.6) is 0 Å². The van der Waals surface area contributed by atoms with Crippen LogP contribution in [0.15, 0.2) is 24.3 Å². The molecule has 0 radical (unpaired) electrons. The number of aliphatic hydroxyl groups excluding tert-OH is 1. The molecule has 5 heteroatoms. The number of nitrogens with zero attached hydrogens (tertiary/aromatic N) is 2. The molecule has 114 valence electrons. The van der Waals surface area contributed by atoms with Gasteiger partial charge in [0.15, 0.2) is 0 Å². The minimum absolute atomic E-state index is 0.0725. The van der Waals surface area contributed by atoms with Crippen LogP contribution >= 0.6 is 0 Å². The third-order valence-electron chi connectivity index (χ3n) is 3.73. The largest absolute Gasteiger partial charge is 0.481 e. The van der Waals surface area contributed by atoms with Gasteiger partial charge in [-0.1, -0.05) is 12.1 Å². The molecule has 5 nitrogen and oxygen atoms in total. The quantitative estimate of drug-likeness (QED) is 0.864. The summed E-state index contributed by atoms with van der Waals surface area (Å²) in [7, 11) is 0. The topological polar surface area (TPSA) is 73.7 Å². The molecule has 0 bridgehead atoms. The summed E-state index contributed by atoms with van der Waals surface area (Å²) in [6, 6.07) is 5.60. The van der Waals surface area contributed by atoms with Crippen molar-refractivity contribution in [3.63, 3.8) is 0 Å². The van der Waals surface area contributed by atoms with Crippen LogP contribution in [0, 0.1) is 5.41 Å². The average molecular weight is 290 g/mol. The first kappa shape index (κ1) is 15.7. The summed E-state index contributed by atoms with van der Waals surface area (Å²) in [4.78, 5) is 17.8. The molecule has 2 rings (SSSR count). The summed E-state index contributed by atoms with van der Waals surface area (Å²) in [5, 5.41) is 18.4. The van der Waals surface area contributed by atoms with Crippen LogP contribution in [0.4, 0.5) is 0 Å². The molecule has 1 aliphatic rings. The van der Waals surface area contributed by atoms with Crippen LogP contribution < -0.4 is 0 Å². The van der Waals surface area contributed by atoms with Crippen LogP contribution in [-0.2, 0) is 11.4 Å². The molecule has 21 heavy (non-hydrogen) atoms. The van der Waals surface area contributed by atoms with Crippen LogP contribution in [0.2, 0.25) is 0 Å². The summed E-state index contributed by atoms with van der Waals surface area (Å²) in [5.74, 6) is -0.779. The van der Waals surface area contributed by atoms with Gasteiger partial charge in [0.2, 0.25) is 0 Å². The highest BCUT2D eigenvalue weighted by Gasteiger charge is 2.30. The van der Waals surface area contributed by atoms with E-state index >= 15 is 0 Å². The van der Waals surface area contributed by atoms with Crippen molar-refractivity contribution in [1.29, 1.82) is 0 Å². The van der Waals surface area contributed by atoms with Crippen molar-refractivity contribution in [2.75, 3.05) is 19.6 Å². The maximum atomic E-state index is 11.2. The monoisotopic (exact) mass is 290 g/mol. The number of hydrogen-bond donors (Lipinski definition) is 2. The Hall–Kier alpha value is -1.72. The third kappa shape index (κ3) is 3.89. The van der Waals surface area contributed by atoms with Gasteiger partial charge in [0, 0.05) is 19.6 Å². The van der Waals surface area contributed by atoms with E-state index in [0.717, 1.165) is 24.2 Å². The molecule has 1 aliphatic heterocycles. The second-order valence-corrected chi connectivity index (χ2v) is 6.09. The maximum Gasteiger partial charge on any atom is 0.310 e. The molecule has 0 fully saturated rings. The first-order chi connectivity index (χ1) is 9.92. The number of aliphatic hydroxyl groups is 1. The Labute approximate surface area is 124 Å². The second-order valence-electron chi connectivity index (χ2n) is 6.09. The first-order valence-corrected chi connectivity index (χ1v) is 7.14. The highest BCUT2D eigenvalue weighted by molar-refractivity contribution is 5.74. The summed E-state index contributed by atoms with van der Waals surface area (Å²) in [6.45, 7) is 5.49. The minimum Gasteiger partial charge on any atom is -0.481 e. The smallest absolute Gasteiger partial charge is 0.310 e. The zero-order chi connectivity index (χ0) is 15.5. The molecule has 1 aromatic rings. The van der Waals surface area contributed by atoms with Crippen molar-refractivity contribution in [3.05, 3.63) is 35.7 Å². The Bertz CT molecular complexity index is 552. The molecule has 0 amide bonds. The zero-order valence-electron chi connectivity index (χ0n) is 12.5. The molecule has 0 saturated heterocycles. The van der Waals surface area contributed by atoms with Crippen LogP contribution in [0.25, 0.3) is 5.57 Å². The lowest BCUT2D eigenvalue weighted by atomic mass is 9.92. The van der Waals surface area contributed by atoms with Gasteiger partial charge < -0.3 is 10.2 Å². The number of carbonyl (C=O) groups is 1. The van der Waals surface area contributed by atoms with Crippen molar-refractivity contribution >= 4 is 11.5 Å². The molecule has 0 atom stereocenters. The van der Waals surface area contributed by atoms with Gasteiger partial charge in [-0.15, -0.1) is 0 Å². The van der Waals surface area contributed by atoms with Gasteiger partial charge in [-0.05, 0) is 38.0 Å². The van der Waals surface area contributed by atoms with Gasteiger partial charge in [0.1, 0.15) is 0 Å². The van der Waals surface area contributed by atoms with Gasteiger partial charge >= 0.3 is 5.97 Å². The normalized spacial score (nSPS) is 16.6. The Morgan fingerprint density at radius 1 is 1.43 bits per heavy atom. The van der Waals surface area contributed by atoms with Gasteiger partial charge in [-0.3, -0.25) is 14.7 Å². The lowest BCUT2D eigenvalue weighted by Gasteiger charge is -2.32. The lowest BCUT2D eigenvalue weighted by molar-refractivity contribution is -0.147.